The number of carbonyl (C=O) groups is 7. The van der Waals surface area contributed by atoms with Gasteiger partial charge in [-0.2, -0.15) is 0 Å². The predicted molar refractivity (Wildman–Crippen MR) is 208 cm³/mol. The number of hydrogen-bond acceptors (Lipinski definition) is 9. The first kappa shape index (κ1) is 43.5. The number of nitrogens with one attached hydrogen (secondary N) is 4. The number of rotatable bonds is 12. The predicted octanol–water partition coefficient (Wildman–Crippen LogP) is 3.46. The Hall–Kier alpha value is -5.27. The molecule has 56 heavy (non-hydrogen) atoms. The summed E-state index contributed by atoms with van der Waals surface area (Å²) in [5.41, 5.74) is 1.18. The van der Waals surface area contributed by atoms with Gasteiger partial charge in [0.2, 0.25) is 23.5 Å². The maximum Gasteiger partial charge on any atom is 0.329 e. The Kier molecular flexibility index (Phi) is 17.3. The van der Waals surface area contributed by atoms with Crippen LogP contribution < -0.4 is 26.0 Å². The smallest absolute Gasteiger partial charge is 0.329 e. The number of ether oxygens (including phenoxy) is 2. The third-order valence-electron chi connectivity index (χ3n) is 10.1. The Balaban J connectivity index is 1.50. The van der Waals surface area contributed by atoms with Crippen molar-refractivity contribution in [2.24, 2.45) is 5.92 Å². The monoisotopic (exact) mass is 775 g/mol. The molecule has 2 bridgehead atoms. The number of esters is 1. The third-order valence-corrected chi connectivity index (χ3v) is 10.1. The summed E-state index contributed by atoms with van der Waals surface area (Å²) >= 11 is 0. The molecule has 14 heteroatoms. The Morgan fingerprint density at radius 3 is 2.30 bits per heavy atom. The van der Waals surface area contributed by atoms with Gasteiger partial charge in [-0.15, -0.1) is 0 Å². The summed E-state index contributed by atoms with van der Waals surface area (Å²) in [6.07, 6.45) is 6.79. The van der Waals surface area contributed by atoms with E-state index in [-0.39, 0.29) is 37.0 Å². The van der Waals surface area contributed by atoms with Crippen LogP contribution in [0.2, 0.25) is 0 Å². The summed E-state index contributed by atoms with van der Waals surface area (Å²) in [4.78, 5) is 94.8. The standard InChI is InChI=1S/C42H57N5O9/c1-4-16-32(38(50)40(52)43-27-35(49)46-36(41(53)47(2)3)29-18-9-7-10-19-29)44-39(51)33-26-28-17-15-22-31(25-28)55-24-14-6-5-13-23-34(48)45-37(42(54)56-33)30-20-11-8-12-21-30/h7,9-10,15,17-19,22,25,30,32-33,36-37H,4-6,8,11-14,16,20-21,23-24,26-27H2,1-3H3,(H,43,52)(H,44,51)(H,45,48)(H,46,49). The van der Waals surface area contributed by atoms with Crippen molar-refractivity contribution in [3.05, 3.63) is 65.7 Å². The highest BCUT2D eigenvalue weighted by atomic mass is 16.5. The minimum absolute atomic E-state index is 0.0617. The molecule has 4 N–H and O–H groups in total. The summed E-state index contributed by atoms with van der Waals surface area (Å²) < 4.78 is 11.9. The number of ketones is 1. The molecule has 4 unspecified atom stereocenters. The molecule has 1 saturated carbocycles. The highest BCUT2D eigenvalue weighted by molar-refractivity contribution is 6.38. The van der Waals surface area contributed by atoms with E-state index in [1.54, 1.807) is 75.6 Å². The van der Waals surface area contributed by atoms with Crippen LogP contribution in [0.15, 0.2) is 54.6 Å². The zero-order valence-electron chi connectivity index (χ0n) is 32.8. The van der Waals surface area contributed by atoms with Gasteiger partial charge in [-0.25, -0.2) is 4.79 Å². The molecule has 2 aromatic carbocycles. The second kappa shape index (κ2) is 22.3. The molecule has 1 fully saturated rings. The van der Waals surface area contributed by atoms with Crippen LogP contribution in [0.5, 0.6) is 5.75 Å². The van der Waals surface area contributed by atoms with Crippen molar-refractivity contribution in [1.82, 2.24) is 26.2 Å². The molecule has 2 aromatic rings. The number of cyclic esters (lactones) is 1. The van der Waals surface area contributed by atoms with Gasteiger partial charge in [-0.3, -0.25) is 28.8 Å². The summed E-state index contributed by atoms with van der Waals surface area (Å²) in [6, 6.07) is 12.5. The Morgan fingerprint density at radius 1 is 0.875 bits per heavy atom. The van der Waals surface area contributed by atoms with Gasteiger partial charge < -0.3 is 35.6 Å². The molecule has 0 radical (unpaired) electrons. The van der Waals surface area contributed by atoms with Crippen molar-refractivity contribution in [2.75, 3.05) is 27.2 Å². The molecular weight excluding hydrogens is 718 g/mol. The van der Waals surface area contributed by atoms with Crippen LogP contribution in [0.4, 0.5) is 0 Å². The number of carbonyl (C=O) groups excluding carboxylic acids is 7. The Morgan fingerprint density at radius 2 is 1.59 bits per heavy atom. The van der Waals surface area contributed by atoms with Gasteiger partial charge in [-0.1, -0.05) is 87.9 Å². The van der Waals surface area contributed by atoms with Crippen molar-refractivity contribution >= 4 is 41.3 Å². The highest BCUT2D eigenvalue weighted by Gasteiger charge is 2.37. The lowest BCUT2D eigenvalue weighted by Crippen LogP contribution is -2.54. The average molecular weight is 776 g/mol. The van der Waals surface area contributed by atoms with Crippen LogP contribution in [0.3, 0.4) is 0 Å². The SMILES string of the molecule is CCCC(NC(=O)C1Cc2cccc(c2)OCCCCCCC(=O)NC(C2CCCCC2)C(=O)O1)C(=O)C(=O)NCC(=O)NC(C(=O)N(C)C)c1ccccc1. The molecule has 14 nitrogen and oxygen atoms in total. The van der Waals surface area contributed by atoms with Gasteiger partial charge in [0.05, 0.1) is 19.2 Å². The van der Waals surface area contributed by atoms with E-state index in [1.807, 2.05) is 0 Å². The number of hydrogen-bond donors (Lipinski definition) is 4. The zero-order valence-corrected chi connectivity index (χ0v) is 32.8. The molecule has 1 aliphatic carbocycles. The van der Waals surface area contributed by atoms with Crippen LogP contribution >= 0.6 is 0 Å². The van der Waals surface area contributed by atoms with Crippen LogP contribution in [0.25, 0.3) is 0 Å². The maximum atomic E-state index is 14.0. The number of amides is 5. The topological polar surface area (TPSA) is 189 Å². The van der Waals surface area contributed by atoms with E-state index in [4.69, 9.17) is 9.47 Å². The molecule has 0 aromatic heterocycles. The second-order valence-electron chi connectivity index (χ2n) is 14.8. The minimum Gasteiger partial charge on any atom is -0.494 e. The van der Waals surface area contributed by atoms with Crippen molar-refractivity contribution in [2.45, 2.75) is 115 Å². The molecule has 4 rings (SSSR count). The van der Waals surface area contributed by atoms with E-state index in [1.165, 1.54) is 4.90 Å². The van der Waals surface area contributed by atoms with Gasteiger partial charge in [0.25, 0.3) is 11.8 Å². The number of fused-ring (bicyclic) bond motifs is 2. The Bertz CT molecular complexity index is 1660. The molecule has 4 atom stereocenters. The third kappa shape index (κ3) is 13.5. The summed E-state index contributed by atoms with van der Waals surface area (Å²) in [6.45, 7) is 1.65. The van der Waals surface area contributed by atoms with Crippen LogP contribution in [-0.4, -0.2) is 91.6 Å². The van der Waals surface area contributed by atoms with Crippen molar-refractivity contribution in [3.8, 4) is 5.75 Å². The van der Waals surface area contributed by atoms with Gasteiger partial charge in [0, 0.05) is 26.9 Å². The lowest BCUT2D eigenvalue weighted by atomic mass is 9.83. The average Bonchev–Trinajstić information content (AvgIpc) is 3.20. The first-order valence-electron chi connectivity index (χ1n) is 19.9. The fraction of sp³-hybridized carbons (Fsp3) is 0.548. The van der Waals surface area contributed by atoms with E-state index >= 15 is 0 Å². The minimum atomic E-state index is -1.42. The fourth-order valence-corrected chi connectivity index (χ4v) is 7.02. The molecular formula is C42H57N5O9. The second-order valence-corrected chi connectivity index (χ2v) is 14.8. The quantitative estimate of drug-likeness (QED) is 0.185. The first-order valence-corrected chi connectivity index (χ1v) is 19.9. The summed E-state index contributed by atoms with van der Waals surface area (Å²) in [5, 5.41) is 10.5. The number of benzene rings is 2. The lowest BCUT2D eigenvalue weighted by molar-refractivity contribution is -0.160. The number of Topliss-reactive ketones (excluding diaryl/α,β-unsaturated/α-hetero) is 1. The fourth-order valence-electron chi connectivity index (χ4n) is 7.02. The summed E-state index contributed by atoms with van der Waals surface area (Å²) in [5.74, 6) is -4.52. The van der Waals surface area contributed by atoms with E-state index in [0.29, 0.717) is 36.3 Å². The molecule has 0 spiro atoms. The zero-order chi connectivity index (χ0) is 40.5. The van der Waals surface area contributed by atoms with E-state index < -0.39 is 60.2 Å². The van der Waals surface area contributed by atoms with Gasteiger partial charge in [0.1, 0.15) is 17.8 Å². The molecule has 304 valence electrons. The maximum absolute atomic E-state index is 14.0. The molecule has 5 amide bonds. The Labute approximate surface area is 329 Å². The van der Waals surface area contributed by atoms with E-state index in [2.05, 4.69) is 21.3 Å². The molecule has 0 saturated heterocycles. The van der Waals surface area contributed by atoms with Crippen LogP contribution in [-0.2, 0) is 44.7 Å². The largest absolute Gasteiger partial charge is 0.494 e. The van der Waals surface area contributed by atoms with Crippen LogP contribution in [0.1, 0.15) is 101 Å². The van der Waals surface area contributed by atoms with Crippen molar-refractivity contribution < 1.29 is 43.0 Å². The van der Waals surface area contributed by atoms with Gasteiger partial charge in [-0.05, 0) is 61.3 Å². The van der Waals surface area contributed by atoms with E-state index in [0.717, 1.165) is 51.4 Å². The van der Waals surface area contributed by atoms with Gasteiger partial charge in [0.15, 0.2) is 6.10 Å². The lowest BCUT2D eigenvalue weighted by Gasteiger charge is -2.31. The van der Waals surface area contributed by atoms with E-state index in [9.17, 15) is 33.6 Å². The molecule has 1 heterocycles. The van der Waals surface area contributed by atoms with Crippen molar-refractivity contribution in [3.63, 3.8) is 0 Å². The molecule has 1 aliphatic heterocycles. The van der Waals surface area contributed by atoms with Crippen molar-refractivity contribution in [1.29, 1.82) is 0 Å². The summed E-state index contributed by atoms with van der Waals surface area (Å²) in [7, 11) is 3.11. The van der Waals surface area contributed by atoms with Gasteiger partial charge >= 0.3 is 5.97 Å². The molecule has 2 aliphatic rings. The normalized spacial score (nSPS) is 19.7. The number of nitrogens with zero attached hydrogens (tertiary/aromatic N) is 1. The highest BCUT2D eigenvalue weighted by Crippen LogP contribution is 2.28. The first-order chi connectivity index (χ1) is 27.0. The van der Waals surface area contributed by atoms with Crippen LogP contribution in [0, 0.1) is 5.92 Å². The number of likely N-dealkylation sites (N-methyl/N-ethyl adjacent to an activating group) is 1.